The number of phosphoric acid groups is 1. The summed E-state index contributed by atoms with van der Waals surface area (Å²) < 4.78 is 8.55. The predicted octanol–water partition coefficient (Wildman–Crippen LogP) is -3.21. The third kappa shape index (κ3) is 98.7. The Morgan fingerprint density at radius 3 is 1.14 bits per heavy atom. The molecule has 36 valence electrons. The largest absolute Gasteiger partial charge is 3.00 e. The minimum absolute atomic E-state index is 0. The fourth-order valence-electron chi connectivity index (χ4n) is 0. The minimum Gasteiger partial charge on any atom is -0.822 e. The second-order valence-electron chi connectivity index (χ2n) is 0.447. The van der Waals surface area contributed by atoms with Crippen LogP contribution in [0, 0.1) is 0 Å². The van der Waals surface area contributed by atoms with E-state index in [-0.39, 0.29) is 43.6 Å². The zero-order valence-electron chi connectivity index (χ0n) is 3.16. The molecule has 0 spiro atoms. The quantitative estimate of drug-likeness (QED) is 0.313. The Hall–Kier alpha value is 1.53. The molecule has 0 heterocycles. The average molecular weight is 213 g/mol. The van der Waals surface area contributed by atoms with Gasteiger partial charge in [0.15, 0.2) is 0 Å². The third-order valence-corrected chi connectivity index (χ3v) is 0. The van der Waals surface area contributed by atoms with Gasteiger partial charge in [0.25, 0.3) is 0 Å². The van der Waals surface area contributed by atoms with E-state index in [1.54, 1.807) is 0 Å². The molecule has 7 heteroatoms. The summed E-state index contributed by atoms with van der Waals surface area (Å²) in [6.07, 6.45) is 0. The first-order valence-corrected chi connectivity index (χ1v) is 2.19. The molecule has 0 aliphatic carbocycles. The van der Waals surface area contributed by atoms with Crippen molar-refractivity contribution in [3.05, 3.63) is 0 Å². The maximum atomic E-state index is 8.55. The van der Waals surface area contributed by atoms with Crippen LogP contribution >= 0.6 is 7.82 Å². The maximum Gasteiger partial charge on any atom is 3.00 e. The van der Waals surface area contributed by atoms with Crippen molar-refractivity contribution >= 4 is 25.2 Å². The van der Waals surface area contributed by atoms with Crippen LogP contribution in [0.5, 0.6) is 0 Å². The summed E-state index contributed by atoms with van der Waals surface area (Å²) in [6, 6.07) is 0. The minimum atomic E-state index is -5.39. The molecule has 0 saturated carbocycles. The molecule has 0 rings (SSSR count). The summed E-state index contributed by atoms with van der Waals surface area (Å²) in [5, 5.41) is 0. The van der Waals surface area contributed by atoms with Gasteiger partial charge in [0.05, 0.1) is 0 Å². The van der Waals surface area contributed by atoms with Gasteiger partial charge in [0, 0.05) is 26.2 Å². The fraction of sp³-hybridized carbons (Fsp3) is 0. The topological polar surface area (TPSA) is 86.2 Å². The van der Waals surface area contributed by atoms with Crippen molar-refractivity contribution in [2.24, 2.45) is 0 Å². The molecule has 7 heavy (non-hydrogen) atoms. The zero-order chi connectivity index (χ0) is 4.50. The van der Waals surface area contributed by atoms with Gasteiger partial charge < -0.3 is 19.2 Å². The van der Waals surface area contributed by atoms with Gasteiger partial charge in [0.1, 0.15) is 0 Å². The molecule has 0 fully saturated rings. The summed E-state index contributed by atoms with van der Waals surface area (Å²) in [7, 11) is -5.39. The van der Waals surface area contributed by atoms with Crippen molar-refractivity contribution < 1.29 is 45.4 Å². The molecule has 4 nitrogen and oxygen atoms in total. The zero-order valence-corrected chi connectivity index (χ0v) is 7.66. The average Bonchev–Trinajstić information content (AvgIpc) is 0.722. The molecule has 0 saturated heterocycles. The standard InChI is InChI=1S/Al.H3O4P.Zr/c;1-5(2,3)4;/h;(H3,1,2,3,4);/q+3;;/p-3. The van der Waals surface area contributed by atoms with Crippen LogP contribution in [0.2, 0.25) is 0 Å². The van der Waals surface area contributed by atoms with Gasteiger partial charge in [-0.15, -0.1) is 0 Å². The molecular weight excluding hydrogens is 213 g/mol. The van der Waals surface area contributed by atoms with Crippen LogP contribution < -0.4 is 14.7 Å². The van der Waals surface area contributed by atoms with E-state index in [1.165, 1.54) is 0 Å². The molecule has 0 atom stereocenters. The first-order chi connectivity index (χ1) is 2.00. The predicted molar refractivity (Wildman–Crippen MR) is 13.4 cm³/mol. The summed E-state index contributed by atoms with van der Waals surface area (Å²) in [4.78, 5) is 25.6. The van der Waals surface area contributed by atoms with Crippen LogP contribution in [0.15, 0.2) is 0 Å². The molecule has 0 N–H and O–H groups in total. The smallest absolute Gasteiger partial charge is 0.822 e. The number of hydrogen-bond donors (Lipinski definition) is 0. The van der Waals surface area contributed by atoms with Gasteiger partial charge in [-0.2, -0.15) is 7.82 Å². The number of hydrogen-bond acceptors (Lipinski definition) is 4. The van der Waals surface area contributed by atoms with Gasteiger partial charge in [-0.25, -0.2) is 0 Å². The van der Waals surface area contributed by atoms with Gasteiger partial charge in [-0.3, -0.25) is 0 Å². The normalized spacial score (nSPS) is 8.43. The van der Waals surface area contributed by atoms with Crippen molar-refractivity contribution in [1.82, 2.24) is 0 Å². The number of rotatable bonds is 0. The van der Waals surface area contributed by atoms with E-state index in [9.17, 15) is 0 Å². The van der Waals surface area contributed by atoms with Crippen LogP contribution in [0.3, 0.4) is 0 Å². The molecule has 0 aliphatic rings. The second kappa shape index (κ2) is 5.66. The van der Waals surface area contributed by atoms with E-state index in [4.69, 9.17) is 19.2 Å². The van der Waals surface area contributed by atoms with Gasteiger partial charge in [-0.1, -0.05) is 0 Å². The molecule has 0 aliphatic heterocycles. The molecule has 0 aromatic heterocycles. The van der Waals surface area contributed by atoms with Crippen LogP contribution in [0.4, 0.5) is 0 Å². The molecular formula is AlO4PZr. The first-order valence-electron chi connectivity index (χ1n) is 0.730. The summed E-state index contributed by atoms with van der Waals surface area (Å²) in [5.74, 6) is 0. The van der Waals surface area contributed by atoms with Crippen LogP contribution in [-0.4, -0.2) is 17.4 Å². The Morgan fingerprint density at radius 1 is 1.14 bits per heavy atom. The molecule has 0 aromatic carbocycles. The van der Waals surface area contributed by atoms with Crippen molar-refractivity contribution in [2.75, 3.05) is 0 Å². The summed E-state index contributed by atoms with van der Waals surface area (Å²) in [6.45, 7) is 0. The fourth-order valence-corrected chi connectivity index (χ4v) is 0. The Morgan fingerprint density at radius 2 is 1.14 bits per heavy atom. The molecule has 0 amide bonds. The van der Waals surface area contributed by atoms with Gasteiger partial charge in [0.2, 0.25) is 0 Å². The van der Waals surface area contributed by atoms with Crippen molar-refractivity contribution in [1.29, 1.82) is 0 Å². The molecule has 0 radical (unpaired) electrons. The van der Waals surface area contributed by atoms with Crippen molar-refractivity contribution in [3.63, 3.8) is 0 Å². The Labute approximate surface area is 70.4 Å². The van der Waals surface area contributed by atoms with E-state index in [2.05, 4.69) is 0 Å². The van der Waals surface area contributed by atoms with Crippen LogP contribution in [0.25, 0.3) is 0 Å². The molecule has 0 bridgehead atoms. The van der Waals surface area contributed by atoms with Crippen LogP contribution in [-0.2, 0) is 30.8 Å². The van der Waals surface area contributed by atoms with Crippen molar-refractivity contribution in [2.45, 2.75) is 0 Å². The Balaban J connectivity index is -0.0000000800. The molecule has 0 unspecified atom stereocenters. The van der Waals surface area contributed by atoms with E-state index in [1.807, 2.05) is 0 Å². The third-order valence-electron chi connectivity index (χ3n) is 0. The summed E-state index contributed by atoms with van der Waals surface area (Å²) in [5.41, 5.74) is 0. The molecule has 0 aromatic rings. The van der Waals surface area contributed by atoms with E-state index < -0.39 is 7.82 Å². The Bertz CT molecular complexity index is 57.8. The first kappa shape index (κ1) is 15.8. The van der Waals surface area contributed by atoms with Crippen molar-refractivity contribution in [3.8, 4) is 0 Å². The monoisotopic (exact) mass is 212 g/mol. The van der Waals surface area contributed by atoms with Crippen LogP contribution in [0.1, 0.15) is 0 Å². The maximum absolute atomic E-state index is 8.55. The Kier molecular flexibility index (Phi) is 12.8. The SMILES string of the molecule is O=P([O-])([O-])[O-].[Al+3].[Zr]. The van der Waals surface area contributed by atoms with Gasteiger partial charge in [-0.05, 0) is 0 Å². The van der Waals surface area contributed by atoms with Gasteiger partial charge >= 0.3 is 17.4 Å². The summed E-state index contributed by atoms with van der Waals surface area (Å²) >= 11 is 0. The van der Waals surface area contributed by atoms with E-state index in [0.717, 1.165) is 0 Å². The van der Waals surface area contributed by atoms with E-state index >= 15 is 0 Å². The second-order valence-corrected chi connectivity index (χ2v) is 1.34. The van der Waals surface area contributed by atoms with E-state index in [0.29, 0.717) is 0 Å².